The second-order valence-electron chi connectivity index (χ2n) is 7.91. The van der Waals surface area contributed by atoms with Crippen LogP contribution in [0.2, 0.25) is 0 Å². The van der Waals surface area contributed by atoms with Gasteiger partial charge in [0.2, 0.25) is 0 Å². The molecule has 1 aliphatic rings. The van der Waals surface area contributed by atoms with Crippen LogP contribution in [-0.2, 0) is 0 Å². The first-order valence-electron chi connectivity index (χ1n) is 10.5. The van der Waals surface area contributed by atoms with Gasteiger partial charge in [0.05, 0.1) is 6.04 Å². The Morgan fingerprint density at radius 1 is 0.862 bits per heavy atom. The van der Waals surface area contributed by atoms with Crippen LogP contribution in [0.1, 0.15) is 42.9 Å². The Labute approximate surface area is 173 Å². The SMILES string of the molecule is C=CC[C@@H]1CC[C@H](CC=C)N1[C@@H](c1ccccc1)c1c(O)ccc2ccccc12. The van der Waals surface area contributed by atoms with Crippen molar-refractivity contribution in [2.45, 2.75) is 43.8 Å². The van der Waals surface area contributed by atoms with Gasteiger partial charge >= 0.3 is 0 Å². The number of nitrogens with zero attached hydrogens (tertiary/aromatic N) is 1. The molecule has 1 fully saturated rings. The summed E-state index contributed by atoms with van der Waals surface area (Å²) < 4.78 is 0. The van der Waals surface area contributed by atoms with E-state index in [1.54, 1.807) is 0 Å². The van der Waals surface area contributed by atoms with Crippen molar-refractivity contribution in [2.24, 2.45) is 0 Å². The summed E-state index contributed by atoms with van der Waals surface area (Å²) in [5, 5.41) is 13.3. The molecule has 0 amide bonds. The molecule has 0 aromatic heterocycles. The van der Waals surface area contributed by atoms with Crippen LogP contribution in [0.3, 0.4) is 0 Å². The molecule has 148 valence electrons. The van der Waals surface area contributed by atoms with Crippen LogP contribution in [0.5, 0.6) is 5.75 Å². The van der Waals surface area contributed by atoms with Crippen LogP contribution in [-0.4, -0.2) is 22.1 Å². The number of phenols is 1. The molecule has 0 radical (unpaired) electrons. The van der Waals surface area contributed by atoms with Gasteiger partial charge in [0.25, 0.3) is 0 Å². The molecule has 0 bridgehead atoms. The first kappa shape index (κ1) is 19.5. The average Bonchev–Trinajstić information content (AvgIpc) is 3.13. The van der Waals surface area contributed by atoms with E-state index < -0.39 is 0 Å². The second kappa shape index (κ2) is 8.67. The maximum atomic E-state index is 11.1. The first-order valence-corrected chi connectivity index (χ1v) is 10.5. The molecular formula is C27H29NO. The fraction of sp³-hybridized carbons (Fsp3) is 0.259. The van der Waals surface area contributed by atoms with Crippen molar-refractivity contribution >= 4 is 10.8 Å². The van der Waals surface area contributed by atoms with Crippen LogP contribution in [0.4, 0.5) is 0 Å². The topological polar surface area (TPSA) is 23.5 Å². The summed E-state index contributed by atoms with van der Waals surface area (Å²) in [5.74, 6) is 0.360. The van der Waals surface area contributed by atoms with E-state index in [1.165, 1.54) is 5.56 Å². The fourth-order valence-electron chi connectivity index (χ4n) is 4.96. The predicted octanol–water partition coefficient (Wildman–Crippen LogP) is 6.62. The molecule has 1 heterocycles. The molecular weight excluding hydrogens is 354 g/mol. The van der Waals surface area contributed by atoms with Gasteiger partial charge in [-0.1, -0.05) is 72.8 Å². The van der Waals surface area contributed by atoms with Gasteiger partial charge in [-0.15, -0.1) is 13.2 Å². The summed E-state index contributed by atoms with van der Waals surface area (Å²) >= 11 is 0. The lowest BCUT2D eigenvalue weighted by atomic mass is 9.90. The third-order valence-corrected chi connectivity index (χ3v) is 6.19. The van der Waals surface area contributed by atoms with Crippen LogP contribution in [0, 0.1) is 0 Å². The lowest BCUT2D eigenvalue weighted by Gasteiger charge is -2.38. The minimum Gasteiger partial charge on any atom is -0.508 e. The molecule has 4 rings (SSSR count). The monoisotopic (exact) mass is 383 g/mol. The Balaban J connectivity index is 1.95. The van der Waals surface area contributed by atoms with E-state index in [9.17, 15) is 5.11 Å². The highest BCUT2D eigenvalue weighted by Crippen LogP contribution is 2.45. The van der Waals surface area contributed by atoms with Gasteiger partial charge < -0.3 is 5.11 Å². The highest BCUT2D eigenvalue weighted by Gasteiger charge is 2.39. The molecule has 29 heavy (non-hydrogen) atoms. The van der Waals surface area contributed by atoms with E-state index >= 15 is 0 Å². The van der Waals surface area contributed by atoms with Gasteiger partial charge in [-0.3, -0.25) is 4.90 Å². The van der Waals surface area contributed by atoms with Crippen molar-refractivity contribution in [3.63, 3.8) is 0 Å². The highest BCUT2D eigenvalue weighted by molar-refractivity contribution is 5.88. The van der Waals surface area contributed by atoms with Gasteiger partial charge in [0.1, 0.15) is 5.75 Å². The molecule has 0 saturated carbocycles. The van der Waals surface area contributed by atoms with Crippen molar-refractivity contribution < 1.29 is 5.11 Å². The van der Waals surface area contributed by atoms with Crippen molar-refractivity contribution in [1.82, 2.24) is 4.90 Å². The minimum atomic E-state index is -0.0142. The van der Waals surface area contributed by atoms with Gasteiger partial charge in [-0.2, -0.15) is 0 Å². The summed E-state index contributed by atoms with van der Waals surface area (Å²) in [6.07, 6.45) is 8.22. The van der Waals surface area contributed by atoms with E-state index in [4.69, 9.17) is 0 Å². The standard InChI is InChI=1S/C27H29NO/c1-3-10-22-17-18-23(11-4-2)28(22)27(21-13-6-5-7-14-21)26-24-15-9-8-12-20(24)16-19-25(26)29/h3-9,12-16,19,22-23,27,29H,1-2,10-11,17-18H2/t22-,23+,27-/m0/s1. The molecule has 1 N–H and O–H groups in total. The summed E-state index contributed by atoms with van der Waals surface area (Å²) in [6, 6.07) is 23.6. The molecule has 2 nitrogen and oxygen atoms in total. The molecule has 0 unspecified atom stereocenters. The molecule has 2 heteroatoms. The van der Waals surface area contributed by atoms with E-state index in [-0.39, 0.29) is 6.04 Å². The number of hydrogen-bond donors (Lipinski definition) is 1. The number of hydrogen-bond acceptors (Lipinski definition) is 2. The lowest BCUT2D eigenvalue weighted by Crippen LogP contribution is -2.39. The second-order valence-corrected chi connectivity index (χ2v) is 7.91. The molecule has 1 saturated heterocycles. The van der Waals surface area contributed by atoms with Gasteiger partial charge in [-0.25, -0.2) is 0 Å². The van der Waals surface area contributed by atoms with Crippen molar-refractivity contribution in [3.8, 4) is 5.75 Å². The number of phenolic OH excluding ortho intramolecular Hbond substituents is 1. The molecule has 3 aromatic carbocycles. The zero-order valence-corrected chi connectivity index (χ0v) is 16.9. The molecule has 0 spiro atoms. The number of fused-ring (bicyclic) bond motifs is 1. The largest absolute Gasteiger partial charge is 0.508 e. The zero-order valence-electron chi connectivity index (χ0n) is 16.9. The van der Waals surface area contributed by atoms with Crippen LogP contribution >= 0.6 is 0 Å². The molecule has 0 aliphatic carbocycles. The Morgan fingerprint density at radius 2 is 1.48 bits per heavy atom. The molecule has 3 aromatic rings. The average molecular weight is 384 g/mol. The van der Waals surface area contributed by atoms with E-state index in [2.05, 4.69) is 72.7 Å². The van der Waals surface area contributed by atoms with Crippen molar-refractivity contribution in [1.29, 1.82) is 0 Å². The smallest absolute Gasteiger partial charge is 0.121 e. The van der Waals surface area contributed by atoms with Crippen LogP contribution in [0.15, 0.2) is 92.0 Å². The molecule has 1 aliphatic heterocycles. The number of likely N-dealkylation sites (tertiary alicyclic amines) is 1. The minimum absolute atomic E-state index is 0.0142. The van der Waals surface area contributed by atoms with Gasteiger partial charge in [0.15, 0.2) is 0 Å². The van der Waals surface area contributed by atoms with Crippen molar-refractivity contribution in [2.75, 3.05) is 0 Å². The fourth-order valence-corrected chi connectivity index (χ4v) is 4.96. The van der Waals surface area contributed by atoms with Crippen LogP contribution < -0.4 is 0 Å². The van der Waals surface area contributed by atoms with Crippen molar-refractivity contribution in [3.05, 3.63) is 103 Å². The number of aromatic hydroxyl groups is 1. The van der Waals surface area contributed by atoms with Gasteiger partial charge in [0, 0.05) is 17.6 Å². The summed E-state index contributed by atoms with van der Waals surface area (Å²) in [6.45, 7) is 8.01. The highest BCUT2D eigenvalue weighted by atomic mass is 16.3. The number of benzene rings is 3. The Bertz CT molecular complexity index is 976. The number of rotatable bonds is 7. The quantitative estimate of drug-likeness (QED) is 0.463. The van der Waals surface area contributed by atoms with Gasteiger partial charge in [-0.05, 0) is 48.1 Å². The zero-order chi connectivity index (χ0) is 20.2. The Kier molecular flexibility index (Phi) is 5.82. The Morgan fingerprint density at radius 3 is 2.14 bits per heavy atom. The Hall–Kier alpha value is -2.84. The summed E-state index contributed by atoms with van der Waals surface area (Å²) in [4.78, 5) is 2.61. The van der Waals surface area contributed by atoms with Crippen LogP contribution in [0.25, 0.3) is 10.8 Å². The summed E-state index contributed by atoms with van der Waals surface area (Å²) in [5.41, 5.74) is 2.21. The third kappa shape index (κ3) is 3.73. The van der Waals surface area contributed by atoms with E-state index in [0.717, 1.165) is 42.0 Å². The van der Waals surface area contributed by atoms with E-state index in [1.807, 2.05) is 24.3 Å². The maximum Gasteiger partial charge on any atom is 0.121 e. The lowest BCUT2D eigenvalue weighted by molar-refractivity contribution is 0.150. The summed E-state index contributed by atoms with van der Waals surface area (Å²) in [7, 11) is 0. The third-order valence-electron chi connectivity index (χ3n) is 6.19. The van der Waals surface area contributed by atoms with E-state index in [0.29, 0.717) is 17.8 Å². The predicted molar refractivity (Wildman–Crippen MR) is 122 cm³/mol. The normalized spacial score (nSPS) is 20.6. The maximum absolute atomic E-state index is 11.1. The molecule has 3 atom stereocenters. The first-order chi connectivity index (χ1) is 14.2.